The van der Waals surface area contributed by atoms with E-state index >= 15 is 0 Å². The van der Waals surface area contributed by atoms with Crippen molar-refractivity contribution in [2.24, 2.45) is 0 Å². The van der Waals surface area contributed by atoms with Crippen LogP contribution in [0.25, 0.3) is 0 Å². The molecule has 2 aromatic rings. The Bertz CT molecular complexity index is 828. The summed E-state index contributed by atoms with van der Waals surface area (Å²) < 4.78 is 16.5. The molecule has 0 aliphatic carbocycles. The van der Waals surface area contributed by atoms with Crippen LogP contribution in [0.5, 0.6) is 0 Å². The molecule has 2 N–H and O–H groups in total. The molecule has 0 radical (unpaired) electrons. The monoisotopic (exact) mass is 471 g/mol. The van der Waals surface area contributed by atoms with Crippen LogP contribution in [0.4, 0.5) is 0 Å². The third-order valence-corrected chi connectivity index (χ3v) is 6.84. The number of hydrogen-bond donors (Lipinski definition) is 2. The second-order valence-corrected chi connectivity index (χ2v) is 10.9. The van der Waals surface area contributed by atoms with E-state index in [1.54, 1.807) is 0 Å². The smallest absolute Gasteiger partial charge is 0.310 e. The predicted molar refractivity (Wildman–Crippen MR) is 112 cm³/mol. The number of hydrogen-bond acceptors (Lipinski definition) is 4. The van der Waals surface area contributed by atoms with Crippen molar-refractivity contribution < 1.29 is 18.9 Å². The third-order valence-electron chi connectivity index (χ3n) is 3.98. The van der Waals surface area contributed by atoms with E-state index in [1.807, 2.05) is 61.9 Å². The Labute approximate surface area is 173 Å². The molecule has 146 valence electrons. The average Bonchev–Trinajstić information content (AvgIpc) is 3.08. The maximum atomic E-state index is 13.0. The molecule has 1 heterocycles. The van der Waals surface area contributed by atoms with Gasteiger partial charge in [-0.25, -0.2) is 8.93 Å². The Balaban J connectivity index is 2.61. The van der Waals surface area contributed by atoms with Crippen LogP contribution in [0.2, 0.25) is 0 Å². The van der Waals surface area contributed by atoms with Gasteiger partial charge in [0.15, 0.2) is 0 Å². The van der Waals surface area contributed by atoms with Crippen molar-refractivity contribution in [2.75, 3.05) is 0 Å². The van der Waals surface area contributed by atoms with Gasteiger partial charge in [0.1, 0.15) is 12.2 Å². The van der Waals surface area contributed by atoms with Gasteiger partial charge in [-0.05, 0) is 60.9 Å². The molecule has 0 fully saturated rings. The van der Waals surface area contributed by atoms with E-state index in [1.165, 1.54) is 11.3 Å². The number of halogens is 1. The average molecular weight is 472 g/mol. The lowest BCUT2D eigenvalue weighted by Crippen LogP contribution is -2.50. The fourth-order valence-corrected chi connectivity index (χ4v) is 4.53. The van der Waals surface area contributed by atoms with Crippen molar-refractivity contribution in [1.29, 1.82) is 0 Å². The van der Waals surface area contributed by atoms with Gasteiger partial charge in [0.05, 0.1) is 21.3 Å². The number of benzene rings is 1. The van der Waals surface area contributed by atoms with Crippen LogP contribution in [0.3, 0.4) is 0 Å². The fraction of sp³-hybridized carbons (Fsp3) is 0.368. The highest BCUT2D eigenvalue weighted by Gasteiger charge is 2.40. The maximum absolute atomic E-state index is 13.0. The number of Topliss-reactive ketones (excluding diaryl/α,β-unsaturated/α-hetero) is 1. The molecule has 1 aromatic heterocycles. The SMILES string of the molecule is CC(C)(C)S(=O)NC(CC(=O)CC(=O)O)(c1ccc(Br)cc1)c1ccsc1. The topological polar surface area (TPSA) is 83.5 Å². The van der Waals surface area contributed by atoms with Gasteiger partial charge in [-0.3, -0.25) is 9.59 Å². The summed E-state index contributed by atoms with van der Waals surface area (Å²) in [4.78, 5) is 23.5. The molecule has 0 amide bonds. The third kappa shape index (κ3) is 5.57. The van der Waals surface area contributed by atoms with Gasteiger partial charge in [0.2, 0.25) is 0 Å². The molecule has 8 heteroatoms. The summed E-state index contributed by atoms with van der Waals surface area (Å²) in [6.07, 6.45) is -0.689. The van der Waals surface area contributed by atoms with Crippen molar-refractivity contribution in [3.05, 3.63) is 56.7 Å². The number of carboxylic acid groups (broad SMARTS) is 1. The zero-order chi connectivity index (χ0) is 20.2. The lowest BCUT2D eigenvalue weighted by Gasteiger charge is -2.36. The van der Waals surface area contributed by atoms with Crippen LogP contribution in [0, 0.1) is 0 Å². The Hall–Kier alpha value is -1.35. The molecule has 2 rings (SSSR count). The van der Waals surface area contributed by atoms with E-state index in [9.17, 15) is 13.8 Å². The van der Waals surface area contributed by atoms with E-state index in [4.69, 9.17) is 5.11 Å². The van der Waals surface area contributed by atoms with Crippen LogP contribution in [0.15, 0.2) is 45.6 Å². The molecular weight excluding hydrogens is 450 g/mol. The quantitative estimate of drug-likeness (QED) is 0.563. The van der Waals surface area contributed by atoms with Crippen LogP contribution < -0.4 is 4.72 Å². The standard InChI is InChI=1S/C19H22BrNO4S2/c1-18(2,3)27(25)21-19(14-8-9-26-12-14,11-16(22)10-17(23)24)13-4-6-15(20)7-5-13/h4-9,12,21H,10-11H2,1-3H3,(H,23,24). The maximum Gasteiger partial charge on any atom is 0.310 e. The molecule has 2 atom stereocenters. The van der Waals surface area contributed by atoms with E-state index < -0.39 is 39.4 Å². The lowest BCUT2D eigenvalue weighted by molar-refractivity contribution is -0.140. The summed E-state index contributed by atoms with van der Waals surface area (Å²) in [6.45, 7) is 5.53. The Morgan fingerprint density at radius 1 is 1.15 bits per heavy atom. The first-order valence-corrected chi connectivity index (χ1v) is 11.1. The number of carbonyl (C=O) groups excluding carboxylic acids is 1. The second-order valence-electron chi connectivity index (χ2n) is 7.19. The van der Waals surface area contributed by atoms with Gasteiger partial charge >= 0.3 is 5.97 Å². The van der Waals surface area contributed by atoms with Gasteiger partial charge in [0, 0.05) is 10.9 Å². The molecule has 0 saturated carbocycles. The van der Waals surface area contributed by atoms with Gasteiger partial charge in [-0.2, -0.15) is 11.3 Å². The van der Waals surface area contributed by atoms with Crippen molar-refractivity contribution in [2.45, 2.75) is 43.9 Å². The van der Waals surface area contributed by atoms with Gasteiger partial charge in [0.25, 0.3) is 0 Å². The zero-order valence-corrected chi connectivity index (χ0v) is 18.5. The van der Waals surface area contributed by atoms with Crippen LogP contribution >= 0.6 is 27.3 Å². The van der Waals surface area contributed by atoms with E-state index in [2.05, 4.69) is 20.7 Å². The molecule has 0 saturated heterocycles. The van der Waals surface area contributed by atoms with Gasteiger partial charge in [-0.15, -0.1) is 0 Å². The van der Waals surface area contributed by atoms with Crippen LogP contribution in [-0.2, 0) is 26.1 Å². The largest absolute Gasteiger partial charge is 0.481 e. The minimum absolute atomic E-state index is 0.112. The number of carbonyl (C=O) groups is 2. The first-order valence-electron chi connectivity index (χ1n) is 8.26. The highest BCUT2D eigenvalue weighted by atomic mass is 79.9. The summed E-state index contributed by atoms with van der Waals surface area (Å²) >= 11 is 4.87. The molecule has 5 nitrogen and oxygen atoms in total. The molecule has 0 spiro atoms. The van der Waals surface area contributed by atoms with E-state index in [0.29, 0.717) is 0 Å². The molecule has 2 unspecified atom stereocenters. The first kappa shape index (κ1) is 21.9. The summed E-state index contributed by atoms with van der Waals surface area (Å²) in [5, 5.41) is 12.8. The van der Waals surface area contributed by atoms with Crippen molar-refractivity contribution >= 4 is 50.0 Å². The minimum Gasteiger partial charge on any atom is -0.481 e. The number of rotatable bonds is 8. The normalized spacial score (nSPS) is 15.1. The van der Waals surface area contributed by atoms with Gasteiger partial charge in [-0.1, -0.05) is 28.1 Å². The Kier molecular flexibility index (Phi) is 7.13. The number of ketones is 1. The number of aliphatic carboxylic acids is 1. The highest BCUT2D eigenvalue weighted by molar-refractivity contribution is 9.10. The fourth-order valence-electron chi connectivity index (χ4n) is 2.60. The first-order chi connectivity index (χ1) is 12.5. The number of nitrogens with one attached hydrogen (secondary N) is 1. The second kappa shape index (κ2) is 8.77. The van der Waals surface area contributed by atoms with Gasteiger partial charge < -0.3 is 5.11 Å². The zero-order valence-electron chi connectivity index (χ0n) is 15.3. The predicted octanol–water partition coefficient (Wildman–Crippen LogP) is 4.24. The highest BCUT2D eigenvalue weighted by Crippen LogP contribution is 2.37. The van der Waals surface area contributed by atoms with Crippen LogP contribution in [-0.4, -0.2) is 25.8 Å². The lowest BCUT2D eigenvalue weighted by atomic mass is 9.80. The number of carboxylic acids is 1. The van der Waals surface area contributed by atoms with Crippen LogP contribution in [0.1, 0.15) is 44.7 Å². The molecule has 0 aliphatic rings. The minimum atomic E-state index is -1.48. The molecule has 27 heavy (non-hydrogen) atoms. The van der Waals surface area contributed by atoms with Crippen molar-refractivity contribution in [3.8, 4) is 0 Å². The molecule has 0 bridgehead atoms. The van der Waals surface area contributed by atoms with Crippen molar-refractivity contribution in [1.82, 2.24) is 4.72 Å². The summed E-state index contributed by atoms with van der Waals surface area (Å²) in [7, 11) is -1.48. The van der Waals surface area contributed by atoms with E-state index in [0.717, 1.165) is 15.6 Å². The van der Waals surface area contributed by atoms with E-state index in [-0.39, 0.29) is 6.42 Å². The summed E-state index contributed by atoms with van der Waals surface area (Å²) in [5.41, 5.74) is 0.456. The molecule has 1 aromatic carbocycles. The summed E-state index contributed by atoms with van der Waals surface area (Å²) in [6, 6.07) is 9.26. The summed E-state index contributed by atoms with van der Waals surface area (Å²) in [5.74, 6) is -1.61. The number of thiophene rings is 1. The Morgan fingerprint density at radius 3 is 2.26 bits per heavy atom. The molecular formula is C19H22BrNO4S2. The Morgan fingerprint density at radius 2 is 1.78 bits per heavy atom. The van der Waals surface area contributed by atoms with Crippen molar-refractivity contribution in [3.63, 3.8) is 0 Å². The molecule has 0 aliphatic heterocycles.